The van der Waals surface area contributed by atoms with E-state index in [0.29, 0.717) is 5.56 Å². The zero-order chi connectivity index (χ0) is 15.5. The number of hydrogen-bond acceptors (Lipinski definition) is 4. The molecule has 1 atom stereocenters. The van der Waals surface area contributed by atoms with Gasteiger partial charge in [0.1, 0.15) is 11.0 Å². The Hall–Kier alpha value is -1.18. The average molecular weight is 330 g/mol. The fourth-order valence-electron chi connectivity index (χ4n) is 2.05. The van der Waals surface area contributed by atoms with Gasteiger partial charge in [-0.1, -0.05) is 42.5 Å². The first-order valence-electron chi connectivity index (χ1n) is 6.22. The van der Waals surface area contributed by atoms with Gasteiger partial charge >= 0.3 is 29.6 Å². The molecule has 7 heteroatoms. The van der Waals surface area contributed by atoms with Crippen molar-refractivity contribution in [3.05, 3.63) is 65.7 Å². The molecular weight excluding hydrogens is 315 g/mol. The summed E-state index contributed by atoms with van der Waals surface area (Å²) in [5, 5.41) is 8.28. The molecule has 0 heterocycles. The smallest absolute Gasteiger partial charge is 1.00 e. The van der Waals surface area contributed by atoms with Crippen molar-refractivity contribution in [2.45, 2.75) is 11.7 Å². The van der Waals surface area contributed by atoms with Crippen LogP contribution in [0.5, 0.6) is 5.75 Å². The van der Waals surface area contributed by atoms with E-state index in [2.05, 4.69) is 0 Å². The molecule has 0 amide bonds. The number of carbonyl (C=O) groups is 1. The molecule has 2 aromatic rings. The monoisotopic (exact) mass is 330 g/mol. The molecule has 22 heavy (non-hydrogen) atoms. The van der Waals surface area contributed by atoms with Crippen molar-refractivity contribution in [2.75, 3.05) is 0 Å². The number of aromatic hydroxyl groups is 1. The van der Waals surface area contributed by atoms with E-state index in [1.807, 2.05) is 0 Å². The first kappa shape index (κ1) is 18.9. The Morgan fingerprint density at radius 3 is 2.14 bits per heavy atom. The van der Waals surface area contributed by atoms with Gasteiger partial charge in [-0.2, -0.15) is 8.42 Å². The van der Waals surface area contributed by atoms with Gasteiger partial charge in [-0.05, 0) is 17.7 Å². The summed E-state index contributed by atoms with van der Waals surface area (Å²) in [4.78, 5) is 12.2. The van der Waals surface area contributed by atoms with E-state index < -0.39 is 27.6 Å². The number of para-hydroxylation sites is 1. The van der Waals surface area contributed by atoms with Gasteiger partial charge in [-0.3, -0.25) is 9.35 Å². The largest absolute Gasteiger partial charge is 1.00 e. The van der Waals surface area contributed by atoms with E-state index in [1.54, 1.807) is 30.3 Å². The van der Waals surface area contributed by atoms with Gasteiger partial charge < -0.3 is 6.53 Å². The molecule has 0 aliphatic heterocycles. The summed E-state index contributed by atoms with van der Waals surface area (Å²) in [7, 11) is -4.44. The van der Waals surface area contributed by atoms with Crippen LogP contribution in [0.1, 0.15) is 29.0 Å². The maximum absolute atomic E-state index is 12.2. The van der Waals surface area contributed by atoms with Crippen LogP contribution in [0.3, 0.4) is 0 Å². The van der Waals surface area contributed by atoms with Crippen molar-refractivity contribution >= 4 is 15.9 Å². The molecule has 0 bridgehead atoms. The van der Waals surface area contributed by atoms with Crippen molar-refractivity contribution in [1.29, 1.82) is 0 Å². The molecule has 0 aromatic heterocycles. The van der Waals surface area contributed by atoms with E-state index in [0.717, 1.165) is 0 Å². The van der Waals surface area contributed by atoms with Crippen LogP contribution in [0.25, 0.3) is 0 Å². The summed E-state index contributed by atoms with van der Waals surface area (Å²) < 4.78 is 32.4. The maximum Gasteiger partial charge on any atom is 1.00 e. The fraction of sp³-hybridized carbons (Fsp3) is 0.133. The number of hydrogen-bond donors (Lipinski definition) is 2. The zero-order valence-corrected chi connectivity index (χ0v) is 14.8. The number of benzene rings is 2. The number of phenols is 1. The molecule has 0 saturated heterocycles. The molecule has 0 fully saturated rings. The van der Waals surface area contributed by atoms with Gasteiger partial charge in [0.25, 0.3) is 10.1 Å². The minimum atomic E-state index is -4.44. The van der Waals surface area contributed by atoms with Crippen LogP contribution in [0.4, 0.5) is 0 Å². The Balaban J connectivity index is 0.00000242. The summed E-state index contributed by atoms with van der Waals surface area (Å²) in [6, 6.07) is 13.9. The van der Waals surface area contributed by atoms with Crippen molar-refractivity contribution in [2.24, 2.45) is 0 Å². The van der Waals surface area contributed by atoms with E-state index in [-0.39, 0.29) is 42.3 Å². The number of carbonyl (C=O) groups excluding carboxylic acids is 1. The minimum Gasteiger partial charge on any atom is -1.00 e. The molecule has 0 saturated carbocycles. The SMILES string of the molecule is O=C(CC(c1ccccc1)S(=O)(=O)O)c1ccccc1O.[H-].[Na+]. The van der Waals surface area contributed by atoms with Crippen LogP contribution in [-0.2, 0) is 10.1 Å². The minimum absolute atomic E-state index is 0. The summed E-state index contributed by atoms with van der Waals surface area (Å²) in [5.41, 5.74) is 0.353. The Morgan fingerprint density at radius 2 is 1.59 bits per heavy atom. The summed E-state index contributed by atoms with van der Waals surface area (Å²) in [6.07, 6.45) is -0.444. The Bertz CT molecular complexity index is 749. The normalized spacial score (nSPS) is 12.2. The zero-order valence-electron chi connectivity index (χ0n) is 13.0. The number of ketones is 1. The van der Waals surface area contributed by atoms with Crippen molar-refractivity contribution < 1.29 is 53.9 Å². The summed E-state index contributed by atoms with van der Waals surface area (Å²) in [5.74, 6) is -0.774. The molecule has 0 spiro atoms. The molecule has 0 radical (unpaired) electrons. The second-order valence-corrected chi connectivity index (χ2v) is 6.16. The summed E-state index contributed by atoms with van der Waals surface area (Å²) in [6.45, 7) is 0. The number of Topliss-reactive ketones (excluding diaryl/α,β-unsaturated/α-hetero) is 1. The Kier molecular flexibility index (Phi) is 6.77. The quantitative estimate of drug-likeness (QED) is 0.447. The van der Waals surface area contributed by atoms with Gasteiger partial charge in [0, 0.05) is 6.42 Å². The van der Waals surface area contributed by atoms with Crippen molar-refractivity contribution in [3.63, 3.8) is 0 Å². The van der Waals surface area contributed by atoms with Gasteiger partial charge in [-0.15, -0.1) is 0 Å². The van der Waals surface area contributed by atoms with Crippen LogP contribution in [-0.4, -0.2) is 23.9 Å². The Morgan fingerprint density at radius 1 is 1.05 bits per heavy atom. The van der Waals surface area contributed by atoms with Gasteiger partial charge in [0.15, 0.2) is 5.78 Å². The third-order valence-corrected chi connectivity index (χ3v) is 4.26. The van der Waals surface area contributed by atoms with Gasteiger partial charge in [0.05, 0.1) is 5.56 Å². The van der Waals surface area contributed by atoms with Crippen LogP contribution >= 0.6 is 0 Å². The second-order valence-electron chi connectivity index (χ2n) is 4.56. The third-order valence-electron chi connectivity index (χ3n) is 3.11. The van der Waals surface area contributed by atoms with E-state index in [4.69, 9.17) is 0 Å². The predicted octanol–water partition coefficient (Wildman–Crippen LogP) is -0.289. The van der Waals surface area contributed by atoms with Crippen LogP contribution < -0.4 is 29.6 Å². The predicted molar refractivity (Wildman–Crippen MR) is 78.9 cm³/mol. The van der Waals surface area contributed by atoms with Crippen LogP contribution in [0, 0.1) is 0 Å². The van der Waals surface area contributed by atoms with E-state index in [1.165, 1.54) is 24.3 Å². The molecule has 1 unspecified atom stereocenters. The summed E-state index contributed by atoms with van der Waals surface area (Å²) >= 11 is 0. The third kappa shape index (κ3) is 4.66. The second kappa shape index (κ2) is 7.89. The number of phenolic OH excluding ortho intramolecular Hbond substituents is 1. The molecule has 0 aliphatic rings. The fourth-order valence-corrected chi connectivity index (χ4v) is 2.91. The Labute approximate surface area is 152 Å². The van der Waals surface area contributed by atoms with Crippen molar-refractivity contribution in [1.82, 2.24) is 0 Å². The van der Waals surface area contributed by atoms with Crippen molar-refractivity contribution in [3.8, 4) is 5.75 Å². The topological polar surface area (TPSA) is 91.7 Å². The first-order valence-corrected chi connectivity index (χ1v) is 7.72. The molecule has 2 rings (SSSR count). The molecule has 2 aromatic carbocycles. The standard InChI is InChI=1S/C15H14O5S.Na.H/c16-13-9-5-4-8-12(13)14(17)10-15(21(18,19)20)11-6-2-1-3-7-11;;/h1-9,15-16H,10H2,(H,18,19,20);;/q;+1;-1. The number of rotatable bonds is 5. The maximum atomic E-state index is 12.2. The molecule has 112 valence electrons. The van der Waals surface area contributed by atoms with E-state index >= 15 is 0 Å². The van der Waals surface area contributed by atoms with Gasteiger partial charge in [-0.25, -0.2) is 0 Å². The van der Waals surface area contributed by atoms with Crippen LogP contribution in [0.15, 0.2) is 54.6 Å². The first-order chi connectivity index (χ1) is 9.89. The molecule has 0 aliphatic carbocycles. The average Bonchev–Trinajstić information content (AvgIpc) is 2.44. The van der Waals surface area contributed by atoms with E-state index in [9.17, 15) is 22.9 Å². The van der Waals surface area contributed by atoms with Crippen LogP contribution in [0.2, 0.25) is 0 Å². The molecular formula is C15H15NaO5S. The molecule has 2 N–H and O–H groups in total. The van der Waals surface area contributed by atoms with Gasteiger partial charge in [0.2, 0.25) is 0 Å². The molecule has 5 nitrogen and oxygen atoms in total.